The van der Waals surface area contributed by atoms with Gasteiger partial charge < -0.3 is 4.74 Å². The molecular formula is C18H20ClN3O4S. The number of carbonyl (C=O) groups excluding carboxylic acids is 1. The molecule has 1 fully saturated rings. The summed E-state index contributed by atoms with van der Waals surface area (Å²) in [5, 5.41) is 0.441. The highest BCUT2D eigenvalue weighted by molar-refractivity contribution is 7.89. The number of sulfonamides is 1. The zero-order valence-electron chi connectivity index (χ0n) is 14.8. The molecular weight excluding hydrogens is 390 g/mol. The first kappa shape index (κ1) is 19.7. The molecule has 1 N–H and O–H groups in total. The van der Waals surface area contributed by atoms with Crippen molar-refractivity contribution in [1.82, 2.24) is 14.7 Å². The highest BCUT2D eigenvalue weighted by Gasteiger charge is 2.27. The van der Waals surface area contributed by atoms with E-state index in [2.05, 4.69) is 14.7 Å². The van der Waals surface area contributed by atoms with Crippen LogP contribution in [0.1, 0.15) is 43.0 Å². The number of halogens is 1. The lowest BCUT2D eigenvalue weighted by Gasteiger charge is -2.28. The molecule has 1 heterocycles. The first-order chi connectivity index (χ1) is 12.8. The number of nitrogens with zero attached hydrogens (tertiary/aromatic N) is 2. The Morgan fingerprint density at radius 3 is 2.26 bits per heavy atom. The molecule has 1 aliphatic carbocycles. The molecule has 0 amide bonds. The van der Waals surface area contributed by atoms with Crippen molar-refractivity contribution >= 4 is 27.4 Å². The van der Waals surface area contributed by atoms with Crippen LogP contribution in [0, 0.1) is 0 Å². The highest BCUT2D eigenvalue weighted by atomic mass is 35.5. The van der Waals surface area contributed by atoms with Crippen LogP contribution >= 0.6 is 11.6 Å². The molecule has 3 rings (SSSR count). The van der Waals surface area contributed by atoms with Gasteiger partial charge in [-0.2, -0.15) is 0 Å². The van der Waals surface area contributed by atoms with Gasteiger partial charge in [-0.1, -0.05) is 23.7 Å². The Balaban J connectivity index is 1.54. The Labute approximate surface area is 163 Å². The van der Waals surface area contributed by atoms with Gasteiger partial charge in [-0.25, -0.2) is 23.1 Å². The molecule has 0 aliphatic heterocycles. The lowest BCUT2D eigenvalue weighted by atomic mass is 9.94. The molecule has 1 aromatic carbocycles. The second-order valence-electron chi connectivity index (χ2n) is 6.48. The van der Waals surface area contributed by atoms with Crippen LogP contribution in [0.2, 0.25) is 5.02 Å². The van der Waals surface area contributed by atoms with Gasteiger partial charge in [0, 0.05) is 11.6 Å². The Bertz CT molecular complexity index is 893. The summed E-state index contributed by atoms with van der Waals surface area (Å²) < 4.78 is 33.5. The topological polar surface area (TPSA) is 98.2 Å². The average Bonchev–Trinajstić information content (AvgIpc) is 2.65. The van der Waals surface area contributed by atoms with Crippen molar-refractivity contribution in [3.8, 4) is 6.01 Å². The summed E-state index contributed by atoms with van der Waals surface area (Å²) in [6.07, 6.45) is 5.60. The second-order valence-corrected chi connectivity index (χ2v) is 8.63. The molecule has 1 aromatic heterocycles. The largest absolute Gasteiger partial charge is 0.460 e. The van der Waals surface area contributed by atoms with Gasteiger partial charge in [0.15, 0.2) is 5.78 Å². The summed E-state index contributed by atoms with van der Waals surface area (Å²) in [5.74, 6) is -0.102. The van der Waals surface area contributed by atoms with E-state index in [1.165, 1.54) is 43.6 Å². The summed E-state index contributed by atoms with van der Waals surface area (Å²) >= 11 is 5.75. The van der Waals surface area contributed by atoms with Crippen molar-refractivity contribution in [3.63, 3.8) is 0 Å². The predicted molar refractivity (Wildman–Crippen MR) is 100 cm³/mol. The van der Waals surface area contributed by atoms with Crippen molar-refractivity contribution in [2.24, 2.45) is 0 Å². The average molecular weight is 410 g/mol. The van der Waals surface area contributed by atoms with Gasteiger partial charge in [-0.3, -0.25) is 4.79 Å². The molecule has 0 bridgehead atoms. The number of aromatic nitrogens is 2. The molecule has 2 aromatic rings. The van der Waals surface area contributed by atoms with E-state index in [4.69, 9.17) is 16.3 Å². The summed E-state index contributed by atoms with van der Waals surface area (Å²) in [6.45, 7) is 1.44. The lowest BCUT2D eigenvalue weighted by molar-refractivity contribution is 0.101. The Morgan fingerprint density at radius 1 is 1.11 bits per heavy atom. The third-order valence-electron chi connectivity index (χ3n) is 4.44. The fourth-order valence-corrected chi connectivity index (χ4v) is 4.37. The van der Waals surface area contributed by atoms with Gasteiger partial charge in [0.05, 0.1) is 22.3 Å². The minimum absolute atomic E-state index is 0.0539. The molecule has 1 saturated carbocycles. The van der Waals surface area contributed by atoms with Crippen LogP contribution in [-0.4, -0.2) is 36.3 Å². The fraction of sp³-hybridized carbons (Fsp3) is 0.389. The summed E-state index contributed by atoms with van der Waals surface area (Å²) in [6, 6.07) is 6.06. The summed E-state index contributed by atoms with van der Waals surface area (Å²) in [7, 11) is -3.62. The van der Waals surface area contributed by atoms with Crippen molar-refractivity contribution in [1.29, 1.82) is 0 Å². The molecule has 1 aliphatic rings. The number of hydrogen-bond acceptors (Lipinski definition) is 6. The van der Waals surface area contributed by atoms with Crippen LogP contribution in [0.4, 0.5) is 0 Å². The van der Waals surface area contributed by atoms with Crippen molar-refractivity contribution in [2.45, 2.75) is 49.6 Å². The molecule has 7 nitrogen and oxygen atoms in total. The van der Waals surface area contributed by atoms with Gasteiger partial charge >= 0.3 is 6.01 Å². The third-order valence-corrected chi connectivity index (χ3v) is 6.17. The quantitative estimate of drug-likeness (QED) is 0.736. The number of rotatable bonds is 6. The lowest BCUT2D eigenvalue weighted by Crippen LogP contribution is -2.39. The summed E-state index contributed by atoms with van der Waals surface area (Å²) in [5.41, 5.74) is 0.482. The fourth-order valence-electron chi connectivity index (χ4n) is 2.97. The number of hydrogen-bond donors (Lipinski definition) is 1. The molecule has 0 radical (unpaired) electrons. The molecule has 9 heteroatoms. The maximum absolute atomic E-state index is 12.5. The van der Waals surface area contributed by atoms with Crippen LogP contribution in [0.25, 0.3) is 0 Å². The second kappa shape index (κ2) is 8.33. The zero-order chi connectivity index (χ0) is 19.4. The van der Waals surface area contributed by atoms with Crippen molar-refractivity contribution in [2.75, 3.05) is 0 Å². The molecule has 0 unspecified atom stereocenters. The third kappa shape index (κ3) is 5.24. The number of nitrogens with one attached hydrogen (secondary N) is 1. The molecule has 27 heavy (non-hydrogen) atoms. The van der Waals surface area contributed by atoms with Gasteiger partial charge in [0.2, 0.25) is 10.0 Å². The normalized spacial score (nSPS) is 20.2. The summed E-state index contributed by atoms with van der Waals surface area (Å²) in [4.78, 5) is 19.5. The van der Waals surface area contributed by atoms with Gasteiger partial charge in [0.25, 0.3) is 0 Å². The van der Waals surface area contributed by atoms with Crippen LogP contribution in [-0.2, 0) is 10.0 Å². The van der Waals surface area contributed by atoms with E-state index in [0.29, 0.717) is 36.3 Å². The Hall–Kier alpha value is -2.03. The minimum Gasteiger partial charge on any atom is -0.460 e. The SMILES string of the molecule is CC(=O)c1ccc(S(=O)(=O)NC2CCC(Oc3ncc(Cl)cn3)CC2)cc1. The first-order valence-corrected chi connectivity index (χ1v) is 10.5. The molecule has 0 atom stereocenters. The van der Waals surface area contributed by atoms with E-state index in [1.54, 1.807) is 0 Å². The van der Waals surface area contributed by atoms with Gasteiger partial charge in [0.1, 0.15) is 6.10 Å². The van der Waals surface area contributed by atoms with E-state index in [-0.39, 0.29) is 28.8 Å². The number of ether oxygens (including phenoxy) is 1. The molecule has 0 spiro atoms. The number of Topliss-reactive ketones (excluding diaryl/α,β-unsaturated/α-hetero) is 1. The van der Waals surface area contributed by atoms with Crippen LogP contribution in [0.3, 0.4) is 0 Å². The van der Waals surface area contributed by atoms with Crippen molar-refractivity contribution < 1.29 is 17.9 Å². The van der Waals surface area contributed by atoms with E-state index in [0.717, 1.165) is 0 Å². The van der Waals surface area contributed by atoms with Crippen LogP contribution in [0.15, 0.2) is 41.6 Å². The van der Waals surface area contributed by atoms with Gasteiger partial charge in [-0.05, 0) is 44.7 Å². The smallest absolute Gasteiger partial charge is 0.316 e. The van der Waals surface area contributed by atoms with E-state index >= 15 is 0 Å². The van der Waals surface area contributed by atoms with E-state index in [1.807, 2.05) is 0 Å². The van der Waals surface area contributed by atoms with Crippen LogP contribution in [0.5, 0.6) is 6.01 Å². The maximum Gasteiger partial charge on any atom is 0.316 e. The molecule has 0 saturated heterocycles. The highest BCUT2D eigenvalue weighted by Crippen LogP contribution is 2.24. The Morgan fingerprint density at radius 2 is 1.70 bits per heavy atom. The monoisotopic (exact) mass is 409 g/mol. The number of ketones is 1. The first-order valence-electron chi connectivity index (χ1n) is 8.61. The number of benzene rings is 1. The zero-order valence-corrected chi connectivity index (χ0v) is 16.3. The Kier molecular flexibility index (Phi) is 6.08. The molecule has 144 valence electrons. The van der Waals surface area contributed by atoms with E-state index in [9.17, 15) is 13.2 Å². The minimum atomic E-state index is -3.62. The van der Waals surface area contributed by atoms with E-state index < -0.39 is 10.0 Å². The predicted octanol–water partition coefficient (Wildman–Crippen LogP) is 3.00. The van der Waals surface area contributed by atoms with Gasteiger partial charge in [-0.15, -0.1) is 0 Å². The van der Waals surface area contributed by atoms with Crippen molar-refractivity contribution in [3.05, 3.63) is 47.2 Å². The number of carbonyl (C=O) groups is 1. The maximum atomic E-state index is 12.5. The van der Waals surface area contributed by atoms with Crippen LogP contribution < -0.4 is 9.46 Å². The standard InChI is InChI=1S/C18H20ClN3O4S/c1-12(23)13-2-8-17(9-3-13)27(24,25)22-15-4-6-16(7-5-15)26-18-20-10-14(19)11-21-18/h2-3,8-11,15-16,22H,4-7H2,1H3.